The van der Waals surface area contributed by atoms with Crippen LogP contribution in [0.5, 0.6) is 0 Å². The molecule has 17 heavy (non-hydrogen) atoms. The molecule has 1 aromatic carbocycles. The molecule has 0 radical (unpaired) electrons. The van der Waals surface area contributed by atoms with E-state index in [4.69, 9.17) is 28.9 Å². The molecule has 0 heterocycles. The van der Waals surface area contributed by atoms with Crippen LogP contribution < -0.4 is 11.1 Å². The number of nitrogens with one attached hydrogen (secondary N) is 1. The zero-order valence-electron chi connectivity index (χ0n) is 9.55. The van der Waals surface area contributed by atoms with Gasteiger partial charge in [0.25, 0.3) is 0 Å². The zero-order chi connectivity index (χ0) is 12.0. The van der Waals surface area contributed by atoms with E-state index < -0.39 is 0 Å². The molecule has 0 saturated heterocycles. The first-order valence-electron chi connectivity index (χ1n) is 6.16. The van der Waals surface area contributed by atoms with Gasteiger partial charge in [-0.2, -0.15) is 0 Å². The summed E-state index contributed by atoms with van der Waals surface area (Å²) in [7, 11) is 0. The Kier molecular flexibility index (Phi) is 2.87. The van der Waals surface area contributed by atoms with Crippen LogP contribution in [-0.2, 0) is 0 Å². The van der Waals surface area contributed by atoms with Gasteiger partial charge in [0.15, 0.2) is 0 Å². The normalized spacial score (nSPS) is 19.7. The van der Waals surface area contributed by atoms with Gasteiger partial charge in [-0.25, -0.2) is 0 Å². The first kappa shape index (κ1) is 11.5. The van der Waals surface area contributed by atoms with E-state index in [0.29, 0.717) is 21.8 Å². The smallest absolute Gasteiger partial charge is 0.0722 e. The second kappa shape index (κ2) is 4.25. The zero-order valence-corrected chi connectivity index (χ0v) is 11.1. The fraction of sp³-hybridized carbons (Fsp3) is 0.538. The van der Waals surface area contributed by atoms with Crippen molar-refractivity contribution in [2.24, 2.45) is 11.8 Å². The topological polar surface area (TPSA) is 38.0 Å². The quantitative estimate of drug-likeness (QED) is 0.806. The summed E-state index contributed by atoms with van der Waals surface area (Å²) in [5.74, 6) is 1.62. The van der Waals surface area contributed by atoms with E-state index in [1.54, 1.807) is 12.1 Å². The van der Waals surface area contributed by atoms with Gasteiger partial charge in [0.05, 0.1) is 15.7 Å². The van der Waals surface area contributed by atoms with E-state index in [1.807, 2.05) is 0 Å². The average Bonchev–Trinajstić information content (AvgIpc) is 3.12. The number of nitrogens with two attached hydrogens (primary N) is 1. The standard InChI is InChI=1S/C13H16Cl2N2/c14-10-5-9(16)6-11(15)13(10)17-12(7-1-2-7)8-3-4-8/h5-8,12,17H,1-4,16H2. The van der Waals surface area contributed by atoms with Gasteiger partial charge in [-0.15, -0.1) is 0 Å². The van der Waals surface area contributed by atoms with Crippen molar-refractivity contribution in [1.82, 2.24) is 0 Å². The average molecular weight is 271 g/mol. The predicted molar refractivity (Wildman–Crippen MR) is 73.7 cm³/mol. The Morgan fingerprint density at radius 3 is 1.94 bits per heavy atom. The van der Waals surface area contributed by atoms with E-state index in [-0.39, 0.29) is 0 Å². The summed E-state index contributed by atoms with van der Waals surface area (Å²) in [6, 6.07) is 4.06. The number of halogens is 2. The molecule has 0 spiro atoms. The van der Waals surface area contributed by atoms with Crippen molar-refractivity contribution < 1.29 is 0 Å². The predicted octanol–water partition coefficient (Wildman–Crippen LogP) is 4.18. The third kappa shape index (κ3) is 2.48. The van der Waals surface area contributed by atoms with Crippen molar-refractivity contribution in [2.45, 2.75) is 31.7 Å². The van der Waals surface area contributed by atoms with Gasteiger partial charge in [0, 0.05) is 11.7 Å². The lowest BCUT2D eigenvalue weighted by Gasteiger charge is -2.21. The Bertz CT molecular complexity index is 404. The fourth-order valence-corrected chi connectivity index (χ4v) is 3.04. The van der Waals surface area contributed by atoms with Crippen molar-refractivity contribution >= 4 is 34.6 Å². The molecule has 0 atom stereocenters. The maximum absolute atomic E-state index is 6.20. The lowest BCUT2D eigenvalue weighted by Crippen LogP contribution is -2.24. The lowest BCUT2D eigenvalue weighted by atomic mass is 10.1. The van der Waals surface area contributed by atoms with E-state index in [1.165, 1.54) is 25.7 Å². The Hall–Kier alpha value is -0.600. The van der Waals surface area contributed by atoms with Gasteiger partial charge in [-0.3, -0.25) is 0 Å². The fourth-order valence-electron chi connectivity index (χ4n) is 2.43. The highest BCUT2D eigenvalue weighted by Gasteiger charge is 2.41. The molecule has 0 amide bonds. The number of nitrogen functional groups attached to an aromatic ring is 1. The maximum Gasteiger partial charge on any atom is 0.0722 e. The molecule has 0 aromatic heterocycles. The minimum Gasteiger partial charge on any atom is -0.399 e. The lowest BCUT2D eigenvalue weighted by molar-refractivity contribution is 0.568. The van der Waals surface area contributed by atoms with Crippen LogP contribution in [0, 0.1) is 11.8 Å². The van der Waals surface area contributed by atoms with Gasteiger partial charge in [0.1, 0.15) is 0 Å². The molecule has 0 aliphatic heterocycles. The van der Waals surface area contributed by atoms with Crippen LogP contribution in [0.2, 0.25) is 10.0 Å². The summed E-state index contributed by atoms with van der Waals surface area (Å²) < 4.78 is 0. The van der Waals surface area contributed by atoms with Crippen LogP contribution in [0.1, 0.15) is 25.7 Å². The van der Waals surface area contributed by atoms with Gasteiger partial charge in [0.2, 0.25) is 0 Å². The Morgan fingerprint density at radius 2 is 1.53 bits per heavy atom. The van der Waals surface area contributed by atoms with Gasteiger partial charge >= 0.3 is 0 Å². The van der Waals surface area contributed by atoms with Gasteiger partial charge < -0.3 is 11.1 Å². The minimum atomic E-state index is 0.550. The molecular formula is C13H16Cl2N2. The van der Waals surface area contributed by atoms with Crippen LogP contribution in [-0.4, -0.2) is 6.04 Å². The Labute approximate surface area is 111 Å². The highest BCUT2D eigenvalue weighted by molar-refractivity contribution is 6.39. The van der Waals surface area contributed by atoms with E-state index in [2.05, 4.69) is 5.32 Å². The highest BCUT2D eigenvalue weighted by Crippen LogP contribution is 2.47. The van der Waals surface area contributed by atoms with Crippen LogP contribution in [0.15, 0.2) is 12.1 Å². The molecule has 2 nitrogen and oxygen atoms in total. The molecule has 1 aromatic rings. The SMILES string of the molecule is Nc1cc(Cl)c(NC(C2CC2)C2CC2)c(Cl)c1. The largest absolute Gasteiger partial charge is 0.399 e. The molecule has 3 N–H and O–H groups in total. The van der Waals surface area contributed by atoms with Crippen molar-refractivity contribution in [1.29, 1.82) is 0 Å². The van der Waals surface area contributed by atoms with Crippen LogP contribution in [0.25, 0.3) is 0 Å². The number of benzene rings is 1. The van der Waals surface area contributed by atoms with Crippen LogP contribution in [0.4, 0.5) is 11.4 Å². The Balaban J connectivity index is 1.83. The molecule has 0 bridgehead atoms. The van der Waals surface area contributed by atoms with Crippen molar-refractivity contribution in [3.63, 3.8) is 0 Å². The summed E-state index contributed by atoms with van der Waals surface area (Å²) in [4.78, 5) is 0. The molecule has 92 valence electrons. The second-order valence-corrected chi connectivity index (χ2v) is 6.02. The molecule has 4 heteroatoms. The highest BCUT2D eigenvalue weighted by atomic mass is 35.5. The number of hydrogen-bond donors (Lipinski definition) is 2. The molecule has 2 aliphatic rings. The summed E-state index contributed by atoms with van der Waals surface area (Å²) in [5, 5.41) is 4.80. The van der Waals surface area contributed by atoms with Crippen LogP contribution >= 0.6 is 23.2 Å². The van der Waals surface area contributed by atoms with Gasteiger partial charge in [-0.05, 0) is 49.7 Å². The molecule has 2 fully saturated rings. The third-order valence-electron chi connectivity index (χ3n) is 3.64. The molecular weight excluding hydrogens is 255 g/mol. The third-order valence-corrected chi connectivity index (χ3v) is 4.23. The monoisotopic (exact) mass is 270 g/mol. The van der Waals surface area contributed by atoms with Crippen molar-refractivity contribution in [2.75, 3.05) is 11.1 Å². The van der Waals surface area contributed by atoms with Gasteiger partial charge in [-0.1, -0.05) is 23.2 Å². The van der Waals surface area contributed by atoms with E-state index >= 15 is 0 Å². The summed E-state index contributed by atoms with van der Waals surface area (Å²) >= 11 is 12.4. The van der Waals surface area contributed by atoms with Crippen LogP contribution in [0.3, 0.4) is 0 Å². The van der Waals surface area contributed by atoms with E-state index in [0.717, 1.165) is 17.5 Å². The summed E-state index contributed by atoms with van der Waals surface area (Å²) in [5.41, 5.74) is 7.17. The minimum absolute atomic E-state index is 0.550. The Morgan fingerprint density at radius 1 is 1.06 bits per heavy atom. The molecule has 2 aliphatic carbocycles. The first-order chi connectivity index (χ1) is 8.15. The molecule has 3 rings (SSSR count). The number of rotatable bonds is 4. The van der Waals surface area contributed by atoms with E-state index in [9.17, 15) is 0 Å². The molecule has 2 saturated carbocycles. The van der Waals surface area contributed by atoms with Crippen molar-refractivity contribution in [3.8, 4) is 0 Å². The maximum atomic E-state index is 6.20. The number of anilines is 2. The summed E-state index contributed by atoms with van der Waals surface area (Å²) in [6.45, 7) is 0. The summed E-state index contributed by atoms with van der Waals surface area (Å²) in [6.07, 6.45) is 5.33. The number of hydrogen-bond acceptors (Lipinski definition) is 2. The molecule has 0 unspecified atom stereocenters. The van der Waals surface area contributed by atoms with Crippen molar-refractivity contribution in [3.05, 3.63) is 22.2 Å². The second-order valence-electron chi connectivity index (χ2n) is 5.20. The first-order valence-corrected chi connectivity index (χ1v) is 6.92.